The number of rotatable bonds is 4. The number of thioether (sulfide) groups is 1. The molecule has 1 aromatic rings. The van der Waals surface area contributed by atoms with Crippen molar-refractivity contribution >= 4 is 11.8 Å². The van der Waals surface area contributed by atoms with Crippen molar-refractivity contribution in [3.8, 4) is 0 Å². The predicted molar refractivity (Wildman–Crippen MR) is 53.4 cm³/mol. The van der Waals surface area contributed by atoms with Crippen molar-refractivity contribution < 1.29 is 0 Å². The molecule has 0 spiro atoms. The molecule has 1 heterocycles. The summed E-state index contributed by atoms with van der Waals surface area (Å²) in [6.45, 7) is 4.02. The highest BCUT2D eigenvalue weighted by Gasteiger charge is 1.92. The fourth-order valence-corrected chi connectivity index (χ4v) is 1.27. The van der Waals surface area contributed by atoms with E-state index in [1.807, 2.05) is 12.5 Å². The Balaban J connectivity index is 2.53. The molecule has 0 unspecified atom stereocenters. The molecule has 0 aromatic carbocycles. The van der Waals surface area contributed by atoms with Crippen LogP contribution in [0, 0.1) is 0 Å². The normalized spacial score (nSPS) is 10.2. The van der Waals surface area contributed by atoms with Crippen LogP contribution in [0.3, 0.4) is 0 Å². The summed E-state index contributed by atoms with van der Waals surface area (Å²) < 4.78 is 0. The zero-order valence-electron chi connectivity index (χ0n) is 7.50. The lowest BCUT2D eigenvalue weighted by atomic mass is 10.3. The minimum absolute atomic E-state index is 0.915. The van der Waals surface area contributed by atoms with Crippen molar-refractivity contribution in [1.82, 2.24) is 10.3 Å². The average Bonchev–Trinajstić information content (AvgIpc) is 2.15. The number of aromatic nitrogens is 1. The van der Waals surface area contributed by atoms with Crippen LogP contribution in [0.5, 0.6) is 0 Å². The van der Waals surface area contributed by atoms with Gasteiger partial charge >= 0.3 is 0 Å². The molecule has 0 aliphatic rings. The molecule has 1 rings (SSSR count). The van der Waals surface area contributed by atoms with Gasteiger partial charge in [-0.15, -0.1) is 11.8 Å². The highest BCUT2D eigenvalue weighted by molar-refractivity contribution is 7.98. The standard InChI is InChI=1S/C9H14N2S/c1-3-10-6-8-4-5-9(12-2)11-7-8/h4-5,7,10H,3,6H2,1-2H3. The van der Waals surface area contributed by atoms with Crippen LogP contribution in [0.15, 0.2) is 23.4 Å². The molecule has 1 N–H and O–H groups in total. The Hall–Kier alpha value is -0.540. The molecule has 0 atom stereocenters. The monoisotopic (exact) mass is 182 g/mol. The second-order valence-corrected chi connectivity index (χ2v) is 3.32. The summed E-state index contributed by atoms with van der Waals surface area (Å²) in [5, 5.41) is 4.33. The first-order valence-corrected chi connectivity index (χ1v) is 5.29. The summed E-state index contributed by atoms with van der Waals surface area (Å²) in [4.78, 5) is 4.27. The number of nitrogens with zero attached hydrogens (tertiary/aromatic N) is 1. The molecular formula is C9H14N2S. The zero-order valence-corrected chi connectivity index (χ0v) is 8.32. The number of hydrogen-bond acceptors (Lipinski definition) is 3. The lowest BCUT2D eigenvalue weighted by Crippen LogP contribution is -2.11. The SMILES string of the molecule is CCNCc1ccc(SC)nc1. The van der Waals surface area contributed by atoms with Crippen LogP contribution in [0.2, 0.25) is 0 Å². The van der Waals surface area contributed by atoms with Gasteiger partial charge in [-0.3, -0.25) is 0 Å². The maximum atomic E-state index is 4.27. The molecule has 0 saturated heterocycles. The molecule has 2 nitrogen and oxygen atoms in total. The van der Waals surface area contributed by atoms with E-state index in [9.17, 15) is 0 Å². The molecule has 0 saturated carbocycles. The molecule has 0 bridgehead atoms. The smallest absolute Gasteiger partial charge is 0.0957 e. The summed E-state index contributed by atoms with van der Waals surface area (Å²) in [5.74, 6) is 0. The van der Waals surface area contributed by atoms with Gasteiger partial charge in [-0.1, -0.05) is 13.0 Å². The number of pyridine rings is 1. The Morgan fingerprint density at radius 2 is 2.33 bits per heavy atom. The highest BCUT2D eigenvalue weighted by Crippen LogP contribution is 2.10. The largest absolute Gasteiger partial charge is 0.313 e. The van der Waals surface area contributed by atoms with Gasteiger partial charge < -0.3 is 5.32 Å². The molecule has 0 fully saturated rings. The first-order valence-electron chi connectivity index (χ1n) is 4.06. The van der Waals surface area contributed by atoms with E-state index in [-0.39, 0.29) is 0 Å². The van der Waals surface area contributed by atoms with Crippen LogP contribution in [-0.4, -0.2) is 17.8 Å². The van der Waals surface area contributed by atoms with Crippen LogP contribution < -0.4 is 5.32 Å². The van der Waals surface area contributed by atoms with Crippen LogP contribution in [0.1, 0.15) is 12.5 Å². The van der Waals surface area contributed by atoms with Crippen molar-refractivity contribution in [3.63, 3.8) is 0 Å². The third-order valence-electron chi connectivity index (χ3n) is 1.59. The van der Waals surface area contributed by atoms with Crippen LogP contribution in [0.25, 0.3) is 0 Å². The molecule has 0 radical (unpaired) electrons. The molecule has 0 aliphatic heterocycles. The lowest BCUT2D eigenvalue weighted by Gasteiger charge is -2.01. The maximum Gasteiger partial charge on any atom is 0.0957 e. The molecule has 12 heavy (non-hydrogen) atoms. The van der Waals surface area contributed by atoms with E-state index in [1.165, 1.54) is 5.56 Å². The van der Waals surface area contributed by atoms with E-state index >= 15 is 0 Å². The van der Waals surface area contributed by atoms with E-state index in [4.69, 9.17) is 0 Å². The first kappa shape index (κ1) is 9.55. The Labute approximate surface area is 77.8 Å². The quantitative estimate of drug-likeness (QED) is 0.720. The Morgan fingerprint density at radius 1 is 1.50 bits per heavy atom. The van der Waals surface area contributed by atoms with Gasteiger partial charge in [0, 0.05) is 12.7 Å². The van der Waals surface area contributed by atoms with Gasteiger partial charge in [0.25, 0.3) is 0 Å². The van der Waals surface area contributed by atoms with E-state index in [0.29, 0.717) is 0 Å². The van der Waals surface area contributed by atoms with Gasteiger partial charge in [-0.2, -0.15) is 0 Å². The number of hydrogen-bond donors (Lipinski definition) is 1. The second-order valence-electron chi connectivity index (χ2n) is 2.49. The molecule has 1 aromatic heterocycles. The Morgan fingerprint density at radius 3 is 2.83 bits per heavy atom. The van der Waals surface area contributed by atoms with Crippen molar-refractivity contribution in [2.45, 2.75) is 18.5 Å². The molecular weight excluding hydrogens is 168 g/mol. The van der Waals surface area contributed by atoms with Crippen molar-refractivity contribution in [3.05, 3.63) is 23.9 Å². The van der Waals surface area contributed by atoms with Crippen molar-refractivity contribution in [1.29, 1.82) is 0 Å². The Kier molecular flexibility index (Phi) is 4.11. The molecule has 0 aliphatic carbocycles. The van der Waals surface area contributed by atoms with E-state index in [2.05, 4.69) is 29.4 Å². The second kappa shape index (κ2) is 5.17. The summed E-state index contributed by atoms with van der Waals surface area (Å²) in [6.07, 6.45) is 3.96. The fourth-order valence-electron chi connectivity index (χ4n) is 0.906. The van der Waals surface area contributed by atoms with E-state index in [0.717, 1.165) is 18.1 Å². The molecule has 3 heteroatoms. The van der Waals surface area contributed by atoms with Crippen molar-refractivity contribution in [2.75, 3.05) is 12.8 Å². The third-order valence-corrected chi connectivity index (χ3v) is 2.25. The zero-order chi connectivity index (χ0) is 8.81. The van der Waals surface area contributed by atoms with Crippen molar-refractivity contribution in [2.24, 2.45) is 0 Å². The van der Waals surface area contributed by atoms with Crippen LogP contribution in [-0.2, 0) is 6.54 Å². The van der Waals surface area contributed by atoms with Gasteiger partial charge in [0.2, 0.25) is 0 Å². The number of nitrogens with one attached hydrogen (secondary N) is 1. The minimum Gasteiger partial charge on any atom is -0.313 e. The summed E-state index contributed by atoms with van der Waals surface area (Å²) in [7, 11) is 0. The van der Waals surface area contributed by atoms with Gasteiger partial charge in [0.05, 0.1) is 5.03 Å². The summed E-state index contributed by atoms with van der Waals surface area (Å²) >= 11 is 1.67. The van der Waals surface area contributed by atoms with Gasteiger partial charge in [-0.25, -0.2) is 4.98 Å². The Bertz CT molecular complexity index is 220. The molecule has 66 valence electrons. The van der Waals surface area contributed by atoms with E-state index < -0.39 is 0 Å². The molecule has 0 amide bonds. The fraction of sp³-hybridized carbons (Fsp3) is 0.444. The lowest BCUT2D eigenvalue weighted by molar-refractivity contribution is 0.723. The average molecular weight is 182 g/mol. The third kappa shape index (κ3) is 2.83. The van der Waals surface area contributed by atoms with Crippen LogP contribution in [0.4, 0.5) is 0 Å². The highest BCUT2D eigenvalue weighted by atomic mass is 32.2. The van der Waals surface area contributed by atoms with Gasteiger partial charge in [0.1, 0.15) is 0 Å². The van der Waals surface area contributed by atoms with E-state index in [1.54, 1.807) is 11.8 Å². The summed E-state index contributed by atoms with van der Waals surface area (Å²) in [6, 6.07) is 4.17. The van der Waals surface area contributed by atoms with Gasteiger partial charge in [-0.05, 0) is 24.4 Å². The topological polar surface area (TPSA) is 24.9 Å². The minimum atomic E-state index is 0.915. The van der Waals surface area contributed by atoms with Gasteiger partial charge in [0.15, 0.2) is 0 Å². The first-order chi connectivity index (χ1) is 5.86. The summed E-state index contributed by atoms with van der Waals surface area (Å²) in [5.41, 5.74) is 1.25. The predicted octanol–water partition coefficient (Wildman–Crippen LogP) is 1.91. The van der Waals surface area contributed by atoms with Crippen LogP contribution >= 0.6 is 11.8 Å². The maximum absolute atomic E-state index is 4.27.